The Labute approximate surface area is 141 Å². The lowest BCUT2D eigenvalue weighted by molar-refractivity contribution is 0.00392. The number of urea groups is 1. The lowest BCUT2D eigenvalue weighted by Gasteiger charge is -2.34. The van der Waals surface area contributed by atoms with Crippen molar-refractivity contribution in [3.63, 3.8) is 0 Å². The predicted octanol–water partition coefficient (Wildman–Crippen LogP) is 2.83. The van der Waals surface area contributed by atoms with E-state index in [-0.39, 0.29) is 12.1 Å². The van der Waals surface area contributed by atoms with Crippen molar-refractivity contribution in [2.75, 3.05) is 19.8 Å². The number of aryl methyl sites for hydroxylation is 2. The first-order valence-electron chi connectivity index (χ1n) is 8.29. The topological polar surface area (TPSA) is 67.6 Å². The lowest BCUT2D eigenvalue weighted by Crippen LogP contribution is -2.47. The highest BCUT2D eigenvalue weighted by atomic mass is 16.5. The van der Waals surface area contributed by atoms with Crippen molar-refractivity contribution in [2.45, 2.75) is 32.9 Å². The number of nitrogens with one attached hydrogen (secondary N) is 1. The fourth-order valence-corrected chi connectivity index (χ4v) is 2.73. The molecular formula is C18H23N3O3. The van der Waals surface area contributed by atoms with Crippen LogP contribution >= 0.6 is 0 Å². The zero-order chi connectivity index (χ0) is 16.9. The molecule has 0 radical (unpaired) electrons. The fraction of sp³-hybridized carbons (Fsp3) is 0.444. The van der Waals surface area contributed by atoms with E-state index in [9.17, 15) is 4.79 Å². The zero-order valence-corrected chi connectivity index (χ0v) is 14.1. The van der Waals surface area contributed by atoms with Crippen LogP contribution in [0.5, 0.6) is 0 Å². The number of ether oxygens (including phenoxy) is 1. The van der Waals surface area contributed by atoms with Crippen LogP contribution in [0.1, 0.15) is 35.7 Å². The molecule has 0 unspecified atom stereocenters. The lowest BCUT2D eigenvalue weighted by atomic mass is 10.2. The Balaban J connectivity index is 1.65. The summed E-state index contributed by atoms with van der Waals surface area (Å²) in [5, 5.41) is 2.96. The molecule has 24 heavy (non-hydrogen) atoms. The smallest absolute Gasteiger partial charge is 0.318 e. The molecule has 1 N–H and O–H groups in total. The van der Waals surface area contributed by atoms with Crippen LogP contribution < -0.4 is 5.32 Å². The van der Waals surface area contributed by atoms with Crippen LogP contribution in [0.25, 0.3) is 0 Å². The highest BCUT2D eigenvalue weighted by molar-refractivity contribution is 5.74. The second-order valence-corrected chi connectivity index (χ2v) is 5.91. The van der Waals surface area contributed by atoms with Crippen molar-refractivity contribution in [3.05, 3.63) is 53.2 Å². The molecule has 6 heteroatoms. The largest absolute Gasteiger partial charge is 0.464 e. The Morgan fingerprint density at radius 3 is 2.96 bits per heavy atom. The van der Waals surface area contributed by atoms with Gasteiger partial charge >= 0.3 is 6.03 Å². The molecule has 1 saturated heterocycles. The van der Waals surface area contributed by atoms with Gasteiger partial charge in [0.05, 0.1) is 13.2 Å². The second kappa shape index (κ2) is 7.49. The molecule has 0 bridgehead atoms. The van der Waals surface area contributed by atoms with Crippen LogP contribution in [0.4, 0.5) is 4.79 Å². The number of furan rings is 1. The van der Waals surface area contributed by atoms with Crippen LogP contribution in [0.3, 0.4) is 0 Å². The average Bonchev–Trinajstić information content (AvgIpc) is 3.10. The van der Waals surface area contributed by atoms with Crippen molar-refractivity contribution in [1.29, 1.82) is 0 Å². The molecule has 6 nitrogen and oxygen atoms in total. The predicted molar refractivity (Wildman–Crippen MR) is 89.6 cm³/mol. The van der Waals surface area contributed by atoms with Crippen LogP contribution in [-0.4, -0.2) is 35.7 Å². The maximum absolute atomic E-state index is 12.6. The van der Waals surface area contributed by atoms with Gasteiger partial charge in [0, 0.05) is 31.4 Å². The van der Waals surface area contributed by atoms with Gasteiger partial charge < -0.3 is 19.4 Å². The van der Waals surface area contributed by atoms with Crippen molar-refractivity contribution in [1.82, 2.24) is 15.2 Å². The maximum atomic E-state index is 12.6. The normalized spacial score (nSPS) is 17.8. The summed E-state index contributed by atoms with van der Waals surface area (Å²) in [6.45, 7) is 5.97. The van der Waals surface area contributed by atoms with E-state index in [2.05, 4.69) is 10.3 Å². The van der Waals surface area contributed by atoms with E-state index in [4.69, 9.17) is 9.15 Å². The van der Waals surface area contributed by atoms with Gasteiger partial charge in [0.1, 0.15) is 17.6 Å². The molecule has 1 aliphatic rings. The summed E-state index contributed by atoms with van der Waals surface area (Å²) in [5.41, 5.74) is 1.94. The first-order chi connectivity index (χ1) is 11.7. The number of amides is 2. The molecule has 1 fully saturated rings. The number of carbonyl (C=O) groups excluding carboxylic acids is 1. The van der Waals surface area contributed by atoms with E-state index in [1.54, 1.807) is 11.1 Å². The van der Waals surface area contributed by atoms with E-state index in [0.717, 1.165) is 29.2 Å². The third kappa shape index (κ3) is 3.76. The van der Waals surface area contributed by atoms with Gasteiger partial charge in [-0.15, -0.1) is 0 Å². The monoisotopic (exact) mass is 329 g/mol. The molecule has 2 aromatic rings. The Morgan fingerprint density at radius 2 is 2.25 bits per heavy atom. The molecule has 1 atom stereocenters. The molecule has 0 aliphatic carbocycles. The van der Waals surface area contributed by atoms with Gasteiger partial charge in [-0.1, -0.05) is 13.0 Å². The third-order valence-electron chi connectivity index (χ3n) is 4.17. The molecule has 3 rings (SSSR count). The van der Waals surface area contributed by atoms with E-state index in [0.29, 0.717) is 26.3 Å². The Kier molecular flexibility index (Phi) is 5.15. The van der Waals surface area contributed by atoms with Crippen LogP contribution in [0, 0.1) is 6.92 Å². The first-order valence-corrected chi connectivity index (χ1v) is 8.29. The summed E-state index contributed by atoms with van der Waals surface area (Å²) in [6.07, 6.45) is 2.62. The van der Waals surface area contributed by atoms with Gasteiger partial charge in [0.15, 0.2) is 0 Å². The van der Waals surface area contributed by atoms with Gasteiger partial charge in [-0.3, -0.25) is 4.98 Å². The minimum Gasteiger partial charge on any atom is -0.464 e. The van der Waals surface area contributed by atoms with Gasteiger partial charge in [-0.25, -0.2) is 4.79 Å². The molecule has 0 saturated carbocycles. The number of hydrogen-bond acceptors (Lipinski definition) is 4. The van der Waals surface area contributed by atoms with E-state index in [1.165, 1.54) is 0 Å². The van der Waals surface area contributed by atoms with E-state index < -0.39 is 0 Å². The van der Waals surface area contributed by atoms with E-state index >= 15 is 0 Å². The Hall–Kier alpha value is -2.34. The zero-order valence-electron chi connectivity index (χ0n) is 14.1. The number of nitrogens with zero attached hydrogens (tertiary/aromatic N) is 2. The fourth-order valence-electron chi connectivity index (χ4n) is 2.73. The Morgan fingerprint density at radius 1 is 1.38 bits per heavy atom. The third-order valence-corrected chi connectivity index (χ3v) is 4.17. The number of hydrogen-bond donors (Lipinski definition) is 1. The van der Waals surface area contributed by atoms with Crippen molar-refractivity contribution < 1.29 is 13.9 Å². The highest BCUT2D eigenvalue weighted by Crippen LogP contribution is 2.26. The number of morpholine rings is 1. The first kappa shape index (κ1) is 16.5. The summed E-state index contributed by atoms with van der Waals surface area (Å²) < 4.78 is 11.4. The maximum Gasteiger partial charge on any atom is 0.318 e. The van der Waals surface area contributed by atoms with Crippen LogP contribution in [0.2, 0.25) is 0 Å². The molecule has 0 spiro atoms. The molecule has 0 aromatic carbocycles. The highest BCUT2D eigenvalue weighted by Gasteiger charge is 2.30. The summed E-state index contributed by atoms with van der Waals surface area (Å²) in [4.78, 5) is 18.6. The molecule has 3 heterocycles. The molecule has 128 valence electrons. The van der Waals surface area contributed by atoms with Gasteiger partial charge in [-0.05, 0) is 30.7 Å². The average molecular weight is 329 g/mol. The summed E-state index contributed by atoms with van der Waals surface area (Å²) in [7, 11) is 0. The van der Waals surface area contributed by atoms with Crippen molar-refractivity contribution in [2.24, 2.45) is 0 Å². The summed E-state index contributed by atoms with van der Waals surface area (Å²) >= 11 is 0. The van der Waals surface area contributed by atoms with Crippen LogP contribution in [-0.2, 0) is 17.7 Å². The molecule has 1 aliphatic heterocycles. The summed E-state index contributed by atoms with van der Waals surface area (Å²) in [5.74, 6) is 1.69. The van der Waals surface area contributed by atoms with Crippen LogP contribution in [0.15, 0.2) is 34.9 Å². The molecule has 2 amide bonds. The summed E-state index contributed by atoms with van der Waals surface area (Å²) in [6, 6.07) is 7.50. The number of aromatic nitrogens is 1. The number of pyridine rings is 1. The van der Waals surface area contributed by atoms with Gasteiger partial charge in [0.2, 0.25) is 0 Å². The van der Waals surface area contributed by atoms with Gasteiger partial charge in [0.25, 0.3) is 0 Å². The van der Waals surface area contributed by atoms with Crippen molar-refractivity contribution in [3.8, 4) is 0 Å². The SMILES string of the molecule is CCc1ccc([C@@H]2COCCN2C(=O)NCc2ccc(C)nc2)o1. The minimum absolute atomic E-state index is 0.113. The second-order valence-electron chi connectivity index (χ2n) is 5.91. The minimum atomic E-state index is -0.185. The molecule has 2 aromatic heterocycles. The molecular weight excluding hydrogens is 306 g/mol. The van der Waals surface area contributed by atoms with E-state index in [1.807, 2.05) is 38.1 Å². The van der Waals surface area contributed by atoms with Gasteiger partial charge in [-0.2, -0.15) is 0 Å². The quantitative estimate of drug-likeness (QED) is 0.936. The number of carbonyl (C=O) groups is 1. The van der Waals surface area contributed by atoms with Crippen molar-refractivity contribution >= 4 is 6.03 Å². The Bertz CT molecular complexity index is 681. The standard InChI is InChI=1S/C18H23N3O3/c1-3-15-6-7-17(24-15)16-12-23-9-8-21(16)18(22)20-11-14-5-4-13(2)19-10-14/h4-7,10,16H,3,8-9,11-12H2,1-2H3,(H,20,22)/t16-/m0/s1. The number of rotatable bonds is 4.